The summed E-state index contributed by atoms with van der Waals surface area (Å²) < 4.78 is 1.73. The molecule has 1 N–H and O–H groups in total. The van der Waals surface area contributed by atoms with Crippen LogP contribution in [0, 0.1) is 0 Å². The second-order valence-corrected chi connectivity index (χ2v) is 6.17. The van der Waals surface area contributed by atoms with E-state index in [1.807, 2.05) is 31.3 Å². The van der Waals surface area contributed by atoms with Gasteiger partial charge in [0.25, 0.3) is 0 Å². The summed E-state index contributed by atoms with van der Waals surface area (Å²) in [5, 5.41) is 7.31. The van der Waals surface area contributed by atoms with E-state index in [9.17, 15) is 4.79 Å². The van der Waals surface area contributed by atoms with E-state index in [1.165, 1.54) is 5.69 Å². The van der Waals surface area contributed by atoms with Crippen LogP contribution in [0.25, 0.3) is 0 Å². The van der Waals surface area contributed by atoms with Crippen molar-refractivity contribution in [3.63, 3.8) is 0 Å². The van der Waals surface area contributed by atoms with Crippen molar-refractivity contribution in [3.05, 3.63) is 48.3 Å². The molecule has 1 aliphatic heterocycles. The fourth-order valence-electron chi connectivity index (χ4n) is 3.24. The Kier molecular flexibility index (Phi) is 5.15. The van der Waals surface area contributed by atoms with Gasteiger partial charge in [-0.3, -0.25) is 9.48 Å². The van der Waals surface area contributed by atoms with Gasteiger partial charge in [0.2, 0.25) is 5.91 Å². The molecule has 6 nitrogen and oxygen atoms in total. The summed E-state index contributed by atoms with van der Waals surface area (Å²) in [7, 11) is 3.69. The minimum absolute atomic E-state index is 0.125. The summed E-state index contributed by atoms with van der Waals surface area (Å²) in [6.07, 6.45) is 4.63. The largest absolute Gasteiger partial charge is 0.370 e. The number of aromatic nitrogens is 2. The van der Waals surface area contributed by atoms with E-state index in [0.717, 1.165) is 38.2 Å². The number of likely N-dealkylation sites (N-methyl/N-ethyl adjacent to an activating group) is 1. The van der Waals surface area contributed by atoms with E-state index in [4.69, 9.17) is 0 Å². The summed E-state index contributed by atoms with van der Waals surface area (Å²) >= 11 is 0. The molecular formula is C18H25N5O. The predicted molar refractivity (Wildman–Crippen MR) is 94.9 cm³/mol. The zero-order valence-corrected chi connectivity index (χ0v) is 14.4. The Morgan fingerprint density at radius 2 is 1.96 bits per heavy atom. The van der Waals surface area contributed by atoms with Crippen LogP contribution in [0.4, 0.5) is 5.69 Å². The molecule has 0 saturated carbocycles. The van der Waals surface area contributed by atoms with Gasteiger partial charge in [0.05, 0.1) is 6.20 Å². The van der Waals surface area contributed by atoms with Gasteiger partial charge in [-0.2, -0.15) is 5.10 Å². The zero-order chi connectivity index (χ0) is 16.9. The fraction of sp³-hybridized carbons (Fsp3) is 0.444. The molecule has 128 valence electrons. The van der Waals surface area contributed by atoms with Crippen LogP contribution in [0.2, 0.25) is 0 Å². The molecule has 1 aromatic heterocycles. The molecule has 0 bridgehead atoms. The maximum absolute atomic E-state index is 12.9. The third-order valence-corrected chi connectivity index (χ3v) is 4.52. The number of benzene rings is 1. The van der Waals surface area contributed by atoms with Gasteiger partial charge >= 0.3 is 0 Å². The van der Waals surface area contributed by atoms with Gasteiger partial charge in [-0.1, -0.05) is 18.2 Å². The van der Waals surface area contributed by atoms with E-state index in [1.54, 1.807) is 10.9 Å². The van der Waals surface area contributed by atoms with Crippen molar-refractivity contribution in [2.24, 2.45) is 7.05 Å². The average molecular weight is 327 g/mol. The first-order chi connectivity index (χ1) is 11.7. The second kappa shape index (κ2) is 7.49. The number of amides is 1. The SMILES string of the molecule is CNC(C(=O)N1CCCN(c2ccccc2)CC1)c1cnn(C)c1. The van der Waals surface area contributed by atoms with Crippen LogP contribution in [0.1, 0.15) is 18.0 Å². The van der Waals surface area contributed by atoms with Gasteiger partial charge < -0.3 is 15.1 Å². The van der Waals surface area contributed by atoms with Gasteiger partial charge in [0.15, 0.2) is 0 Å². The topological polar surface area (TPSA) is 53.4 Å². The number of carbonyl (C=O) groups excluding carboxylic acids is 1. The van der Waals surface area contributed by atoms with E-state index in [2.05, 4.69) is 39.6 Å². The summed E-state index contributed by atoms with van der Waals surface area (Å²) in [6, 6.07) is 10.1. The normalized spacial score (nSPS) is 16.8. The van der Waals surface area contributed by atoms with Crippen molar-refractivity contribution < 1.29 is 4.79 Å². The molecule has 24 heavy (non-hydrogen) atoms. The van der Waals surface area contributed by atoms with Crippen molar-refractivity contribution in [1.82, 2.24) is 20.0 Å². The highest BCUT2D eigenvalue weighted by atomic mass is 16.2. The number of aryl methyl sites for hydroxylation is 1. The highest BCUT2D eigenvalue weighted by molar-refractivity contribution is 5.83. The van der Waals surface area contributed by atoms with Crippen LogP contribution in [0.5, 0.6) is 0 Å². The monoisotopic (exact) mass is 327 g/mol. The van der Waals surface area contributed by atoms with Gasteiger partial charge in [-0.05, 0) is 25.6 Å². The zero-order valence-electron chi connectivity index (χ0n) is 14.4. The van der Waals surface area contributed by atoms with Crippen molar-refractivity contribution in [2.45, 2.75) is 12.5 Å². The Labute approximate surface area is 143 Å². The van der Waals surface area contributed by atoms with Gasteiger partial charge in [0, 0.05) is 50.7 Å². The number of nitrogens with one attached hydrogen (secondary N) is 1. The van der Waals surface area contributed by atoms with Crippen LogP contribution in [-0.4, -0.2) is 53.8 Å². The molecule has 1 aromatic carbocycles. The minimum atomic E-state index is -0.332. The molecule has 2 aromatic rings. The molecular weight excluding hydrogens is 302 g/mol. The molecule has 0 aliphatic carbocycles. The van der Waals surface area contributed by atoms with Crippen LogP contribution >= 0.6 is 0 Å². The third kappa shape index (κ3) is 3.59. The van der Waals surface area contributed by atoms with Crippen molar-refractivity contribution in [3.8, 4) is 0 Å². The number of anilines is 1. The molecule has 1 fully saturated rings. The van der Waals surface area contributed by atoms with Crippen LogP contribution in [0.3, 0.4) is 0 Å². The smallest absolute Gasteiger partial charge is 0.244 e. The molecule has 0 spiro atoms. The van der Waals surface area contributed by atoms with Crippen LogP contribution in [0.15, 0.2) is 42.7 Å². The quantitative estimate of drug-likeness (QED) is 0.923. The Bertz CT molecular complexity index is 669. The first-order valence-corrected chi connectivity index (χ1v) is 8.43. The maximum Gasteiger partial charge on any atom is 0.244 e. The van der Waals surface area contributed by atoms with Gasteiger partial charge in [-0.25, -0.2) is 0 Å². The molecule has 0 radical (unpaired) electrons. The van der Waals surface area contributed by atoms with Crippen molar-refractivity contribution >= 4 is 11.6 Å². The number of nitrogens with zero attached hydrogens (tertiary/aromatic N) is 4. The lowest BCUT2D eigenvalue weighted by atomic mass is 10.1. The highest BCUT2D eigenvalue weighted by Gasteiger charge is 2.27. The summed E-state index contributed by atoms with van der Waals surface area (Å²) in [5.41, 5.74) is 2.14. The molecule has 2 heterocycles. The number of para-hydroxylation sites is 1. The summed E-state index contributed by atoms with van der Waals surface area (Å²) in [4.78, 5) is 17.3. The van der Waals surface area contributed by atoms with Crippen LogP contribution in [-0.2, 0) is 11.8 Å². The molecule has 3 rings (SSSR count). The summed E-state index contributed by atoms with van der Waals surface area (Å²) in [6.45, 7) is 3.37. The lowest BCUT2D eigenvalue weighted by Gasteiger charge is -2.26. The molecule has 1 saturated heterocycles. The fourth-order valence-corrected chi connectivity index (χ4v) is 3.24. The predicted octanol–water partition coefficient (Wildman–Crippen LogP) is 1.42. The Morgan fingerprint density at radius 3 is 2.62 bits per heavy atom. The Morgan fingerprint density at radius 1 is 1.17 bits per heavy atom. The standard InChI is InChI=1S/C18H25N5O/c1-19-17(15-13-20-21(2)14-15)18(24)23-10-6-9-22(11-12-23)16-7-4-3-5-8-16/h3-5,7-8,13-14,17,19H,6,9-12H2,1-2H3. The number of hydrogen-bond acceptors (Lipinski definition) is 4. The Balaban J connectivity index is 1.67. The van der Waals surface area contributed by atoms with Crippen molar-refractivity contribution in [2.75, 3.05) is 38.1 Å². The maximum atomic E-state index is 12.9. The minimum Gasteiger partial charge on any atom is -0.370 e. The van der Waals surface area contributed by atoms with Gasteiger partial charge in [-0.15, -0.1) is 0 Å². The molecule has 6 heteroatoms. The van der Waals surface area contributed by atoms with Gasteiger partial charge in [0.1, 0.15) is 6.04 Å². The van der Waals surface area contributed by atoms with Crippen LogP contribution < -0.4 is 10.2 Å². The average Bonchev–Trinajstić information content (AvgIpc) is 2.88. The Hall–Kier alpha value is -2.34. The highest BCUT2D eigenvalue weighted by Crippen LogP contribution is 2.19. The van der Waals surface area contributed by atoms with E-state index in [-0.39, 0.29) is 11.9 Å². The number of carbonyl (C=O) groups is 1. The molecule has 1 amide bonds. The number of hydrogen-bond donors (Lipinski definition) is 1. The first-order valence-electron chi connectivity index (χ1n) is 8.43. The lowest BCUT2D eigenvalue weighted by Crippen LogP contribution is -2.41. The number of rotatable bonds is 4. The van der Waals surface area contributed by atoms with Crippen molar-refractivity contribution in [1.29, 1.82) is 0 Å². The molecule has 1 atom stereocenters. The molecule has 1 unspecified atom stereocenters. The second-order valence-electron chi connectivity index (χ2n) is 6.17. The molecule has 1 aliphatic rings. The van der Waals surface area contributed by atoms with E-state index >= 15 is 0 Å². The summed E-state index contributed by atoms with van der Waals surface area (Å²) in [5.74, 6) is 0.125. The first kappa shape index (κ1) is 16.5. The lowest BCUT2D eigenvalue weighted by molar-refractivity contribution is -0.133. The van der Waals surface area contributed by atoms with E-state index < -0.39 is 0 Å². The third-order valence-electron chi connectivity index (χ3n) is 4.52. The van der Waals surface area contributed by atoms with E-state index in [0.29, 0.717) is 0 Å².